The van der Waals surface area contributed by atoms with E-state index in [-0.39, 0.29) is 23.8 Å². The lowest BCUT2D eigenvalue weighted by atomic mass is 9.91. The van der Waals surface area contributed by atoms with Gasteiger partial charge in [0.25, 0.3) is 0 Å². The van der Waals surface area contributed by atoms with Crippen molar-refractivity contribution in [3.8, 4) is 0 Å². The van der Waals surface area contributed by atoms with Crippen molar-refractivity contribution in [1.82, 2.24) is 10.2 Å². The number of fused-ring (bicyclic) bond motifs is 1. The average molecular weight is 240 g/mol. The maximum atomic E-state index is 12.0. The lowest BCUT2D eigenvalue weighted by molar-refractivity contribution is -0.137. The molecule has 2 fully saturated rings. The van der Waals surface area contributed by atoms with Gasteiger partial charge in [0, 0.05) is 19.5 Å². The van der Waals surface area contributed by atoms with Crippen molar-refractivity contribution in [2.75, 3.05) is 13.1 Å². The van der Waals surface area contributed by atoms with E-state index in [4.69, 9.17) is 0 Å². The third kappa shape index (κ3) is 2.60. The predicted molar refractivity (Wildman–Crippen MR) is 62.1 cm³/mol. The van der Waals surface area contributed by atoms with E-state index in [0.29, 0.717) is 19.4 Å². The number of hydrogen-bond acceptors (Lipinski definition) is 3. The highest BCUT2D eigenvalue weighted by atomic mass is 16.3. The molecule has 0 aromatic heterocycles. The highest BCUT2D eigenvalue weighted by molar-refractivity contribution is 5.84. The van der Waals surface area contributed by atoms with Crippen molar-refractivity contribution in [2.45, 2.75) is 44.8 Å². The van der Waals surface area contributed by atoms with Gasteiger partial charge in [0.1, 0.15) is 0 Å². The molecule has 2 saturated heterocycles. The molecule has 0 saturated carbocycles. The second kappa shape index (κ2) is 5.04. The van der Waals surface area contributed by atoms with Crippen LogP contribution in [0.3, 0.4) is 0 Å². The molecule has 5 heteroatoms. The Morgan fingerprint density at radius 3 is 3.12 bits per heavy atom. The lowest BCUT2D eigenvalue weighted by Crippen LogP contribution is -2.48. The van der Waals surface area contributed by atoms with Crippen LogP contribution in [0, 0.1) is 5.92 Å². The lowest BCUT2D eigenvalue weighted by Gasteiger charge is -2.36. The SMILES string of the molecule is CC(O)CCC(=O)N1CCCC2C(=O)NCC21. The first-order valence-electron chi connectivity index (χ1n) is 6.35. The Hall–Kier alpha value is -1.10. The maximum Gasteiger partial charge on any atom is 0.225 e. The van der Waals surface area contributed by atoms with Crippen molar-refractivity contribution in [1.29, 1.82) is 0 Å². The van der Waals surface area contributed by atoms with Gasteiger partial charge in [-0.25, -0.2) is 0 Å². The Morgan fingerprint density at radius 2 is 2.41 bits per heavy atom. The summed E-state index contributed by atoms with van der Waals surface area (Å²) >= 11 is 0. The molecule has 2 heterocycles. The molecule has 5 nitrogen and oxygen atoms in total. The Labute approximate surface area is 101 Å². The van der Waals surface area contributed by atoms with Crippen LogP contribution in [0.4, 0.5) is 0 Å². The van der Waals surface area contributed by atoms with Gasteiger partial charge in [0.15, 0.2) is 0 Å². The summed E-state index contributed by atoms with van der Waals surface area (Å²) in [5.41, 5.74) is 0. The summed E-state index contributed by atoms with van der Waals surface area (Å²) in [6.07, 6.45) is 2.21. The molecule has 17 heavy (non-hydrogen) atoms. The molecule has 0 radical (unpaired) electrons. The molecule has 0 aromatic rings. The molecule has 0 aromatic carbocycles. The number of nitrogens with one attached hydrogen (secondary N) is 1. The topological polar surface area (TPSA) is 69.6 Å². The van der Waals surface area contributed by atoms with E-state index in [1.165, 1.54) is 0 Å². The molecule has 2 amide bonds. The number of piperidine rings is 1. The highest BCUT2D eigenvalue weighted by Gasteiger charge is 2.42. The van der Waals surface area contributed by atoms with E-state index >= 15 is 0 Å². The third-order valence-corrected chi connectivity index (χ3v) is 3.70. The first-order valence-corrected chi connectivity index (χ1v) is 6.35. The average Bonchev–Trinajstić information content (AvgIpc) is 2.68. The molecule has 2 rings (SSSR count). The number of nitrogens with zero attached hydrogens (tertiary/aromatic N) is 1. The number of amides is 2. The predicted octanol–water partition coefficient (Wildman–Crippen LogP) is -0.116. The molecule has 3 atom stereocenters. The van der Waals surface area contributed by atoms with Crippen LogP contribution in [-0.2, 0) is 9.59 Å². The van der Waals surface area contributed by atoms with Gasteiger partial charge in [-0.15, -0.1) is 0 Å². The van der Waals surface area contributed by atoms with Gasteiger partial charge < -0.3 is 15.3 Å². The van der Waals surface area contributed by atoms with Gasteiger partial charge >= 0.3 is 0 Å². The molecule has 0 spiro atoms. The number of hydrogen-bond donors (Lipinski definition) is 2. The standard InChI is InChI=1S/C12H20N2O3/c1-8(15)4-5-11(16)14-6-2-3-9-10(14)7-13-12(9)17/h8-10,15H,2-7H2,1H3,(H,13,17). The van der Waals surface area contributed by atoms with Crippen LogP contribution in [0.5, 0.6) is 0 Å². The van der Waals surface area contributed by atoms with Gasteiger partial charge in [-0.2, -0.15) is 0 Å². The number of rotatable bonds is 3. The van der Waals surface area contributed by atoms with Gasteiger partial charge in [0.2, 0.25) is 11.8 Å². The molecule has 2 N–H and O–H groups in total. The minimum absolute atomic E-state index is 0.0146. The number of carbonyl (C=O) groups excluding carboxylic acids is 2. The summed E-state index contributed by atoms with van der Waals surface area (Å²) in [5.74, 6) is 0.138. The van der Waals surface area contributed by atoms with Crippen molar-refractivity contribution >= 4 is 11.8 Å². The Balaban J connectivity index is 1.95. The Morgan fingerprint density at radius 1 is 1.65 bits per heavy atom. The van der Waals surface area contributed by atoms with Crippen molar-refractivity contribution < 1.29 is 14.7 Å². The summed E-state index contributed by atoms with van der Waals surface area (Å²) in [6, 6.07) is 0.0396. The Kier molecular flexibility index (Phi) is 3.66. The van der Waals surface area contributed by atoms with E-state index in [9.17, 15) is 14.7 Å². The highest BCUT2D eigenvalue weighted by Crippen LogP contribution is 2.27. The van der Waals surface area contributed by atoms with E-state index in [1.807, 2.05) is 4.90 Å². The molecule has 3 unspecified atom stereocenters. The zero-order chi connectivity index (χ0) is 12.4. The van der Waals surface area contributed by atoms with Crippen LogP contribution < -0.4 is 5.32 Å². The quantitative estimate of drug-likeness (QED) is 0.723. The number of carbonyl (C=O) groups is 2. The summed E-state index contributed by atoms with van der Waals surface area (Å²) in [4.78, 5) is 25.4. The molecule has 2 aliphatic rings. The smallest absolute Gasteiger partial charge is 0.225 e. The van der Waals surface area contributed by atoms with Crippen LogP contribution in [0.15, 0.2) is 0 Å². The van der Waals surface area contributed by atoms with E-state index in [0.717, 1.165) is 19.4 Å². The van der Waals surface area contributed by atoms with E-state index in [2.05, 4.69) is 5.32 Å². The molecule has 0 bridgehead atoms. The largest absolute Gasteiger partial charge is 0.393 e. The fourth-order valence-electron chi connectivity index (χ4n) is 2.74. The second-order valence-electron chi connectivity index (χ2n) is 5.04. The van der Waals surface area contributed by atoms with Crippen LogP contribution in [0.2, 0.25) is 0 Å². The number of likely N-dealkylation sites (tertiary alicyclic amines) is 1. The molecule has 96 valence electrons. The van der Waals surface area contributed by atoms with Crippen LogP contribution >= 0.6 is 0 Å². The van der Waals surface area contributed by atoms with Crippen LogP contribution in [-0.4, -0.2) is 47.1 Å². The maximum absolute atomic E-state index is 12.0. The van der Waals surface area contributed by atoms with E-state index < -0.39 is 6.10 Å². The summed E-state index contributed by atoms with van der Waals surface area (Å²) in [7, 11) is 0. The second-order valence-corrected chi connectivity index (χ2v) is 5.04. The van der Waals surface area contributed by atoms with Crippen LogP contribution in [0.25, 0.3) is 0 Å². The van der Waals surface area contributed by atoms with Gasteiger partial charge in [-0.1, -0.05) is 0 Å². The van der Waals surface area contributed by atoms with Crippen molar-refractivity contribution in [3.05, 3.63) is 0 Å². The fraction of sp³-hybridized carbons (Fsp3) is 0.833. The van der Waals surface area contributed by atoms with Crippen LogP contribution in [0.1, 0.15) is 32.6 Å². The zero-order valence-electron chi connectivity index (χ0n) is 10.2. The van der Waals surface area contributed by atoms with Gasteiger partial charge in [0.05, 0.1) is 18.1 Å². The summed E-state index contributed by atoms with van der Waals surface area (Å²) < 4.78 is 0. The summed E-state index contributed by atoms with van der Waals surface area (Å²) in [5, 5.41) is 12.0. The normalized spacial score (nSPS) is 29.8. The number of aliphatic hydroxyl groups is 1. The Bertz CT molecular complexity index is 317. The van der Waals surface area contributed by atoms with Gasteiger partial charge in [-0.05, 0) is 26.2 Å². The third-order valence-electron chi connectivity index (χ3n) is 3.70. The molecular weight excluding hydrogens is 220 g/mol. The molecular formula is C12H20N2O3. The zero-order valence-corrected chi connectivity index (χ0v) is 10.2. The van der Waals surface area contributed by atoms with E-state index in [1.54, 1.807) is 6.92 Å². The van der Waals surface area contributed by atoms with Crippen molar-refractivity contribution in [2.24, 2.45) is 5.92 Å². The first-order chi connectivity index (χ1) is 8.09. The first kappa shape index (κ1) is 12.4. The monoisotopic (exact) mass is 240 g/mol. The minimum atomic E-state index is -0.442. The fourth-order valence-corrected chi connectivity index (χ4v) is 2.74. The van der Waals surface area contributed by atoms with Crippen molar-refractivity contribution in [3.63, 3.8) is 0 Å². The molecule has 0 aliphatic carbocycles. The van der Waals surface area contributed by atoms with Gasteiger partial charge in [-0.3, -0.25) is 9.59 Å². The number of aliphatic hydroxyl groups excluding tert-OH is 1. The minimum Gasteiger partial charge on any atom is -0.393 e. The molecule has 2 aliphatic heterocycles. The summed E-state index contributed by atoms with van der Waals surface area (Å²) in [6.45, 7) is 3.02.